The fourth-order valence-electron chi connectivity index (χ4n) is 3.02. The lowest BCUT2D eigenvalue weighted by Gasteiger charge is -2.17. The standard InChI is InChI=1S/C22H20ClN5O3/c1-4-31-22(30)26-21(29)19(12-25)28-27-17-9-13(2)20(14(3)10-17)18(11-24)15-5-7-16(23)8-6-15/h5-10,18,27H,4H2,1-3H3,(H,26,29,30). The molecule has 8 nitrogen and oxygen atoms in total. The van der Waals surface area contributed by atoms with Crippen LogP contribution in [0.1, 0.15) is 35.1 Å². The van der Waals surface area contributed by atoms with Crippen LogP contribution in [0.3, 0.4) is 0 Å². The van der Waals surface area contributed by atoms with Crippen LogP contribution in [-0.2, 0) is 9.53 Å². The first-order valence-electron chi connectivity index (χ1n) is 9.28. The maximum atomic E-state index is 11.9. The summed E-state index contributed by atoms with van der Waals surface area (Å²) < 4.78 is 4.60. The molecule has 0 saturated carbocycles. The number of nitrogens with zero attached hydrogens (tertiary/aromatic N) is 3. The van der Waals surface area contributed by atoms with Gasteiger partial charge in [0.1, 0.15) is 6.07 Å². The molecule has 2 aromatic carbocycles. The van der Waals surface area contributed by atoms with E-state index in [-0.39, 0.29) is 6.61 Å². The van der Waals surface area contributed by atoms with Crippen molar-refractivity contribution >= 4 is 35.0 Å². The van der Waals surface area contributed by atoms with Crippen LogP contribution in [0.4, 0.5) is 10.5 Å². The molecule has 0 heterocycles. The lowest BCUT2D eigenvalue weighted by Crippen LogP contribution is -2.36. The SMILES string of the molecule is CCOC(=O)NC(=O)C(C#N)=NNc1cc(C)c(C(C#N)c2ccc(Cl)cc2)c(C)c1. The zero-order valence-corrected chi connectivity index (χ0v) is 17.9. The fraction of sp³-hybridized carbons (Fsp3) is 0.227. The molecule has 0 fully saturated rings. The number of carbonyl (C=O) groups excluding carboxylic acids is 2. The summed E-state index contributed by atoms with van der Waals surface area (Å²) in [4.78, 5) is 23.3. The third-order valence-corrected chi connectivity index (χ3v) is 4.58. The lowest BCUT2D eigenvalue weighted by molar-refractivity contribution is -0.114. The summed E-state index contributed by atoms with van der Waals surface area (Å²) in [6.07, 6.45) is -0.962. The zero-order chi connectivity index (χ0) is 23.0. The van der Waals surface area contributed by atoms with Crippen molar-refractivity contribution in [3.8, 4) is 12.1 Å². The molecule has 0 aromatic heterocycles. The Morgan fingerprint density at radius 1 is 1.16 bits per heavy atom. The quantitative estimate of drug-likeness (QED) is 0.515. The van der Waals surface area contributed by atoms with Gasteiger partial charge in [-0.2, -0.15) is 15.6 Å². The molecule has 0 bridgehead atoms. The van der Waals surface area contributed by atoms with E-state index in [2.05, 4.69) is 21.3 Å². The van der Waals surface area contributed by atoms with E-state index in [1.165, 1.54) is 0 Å². The lowest BCUT2D eigenvalue weighted by atomic mass is 9.86. The van der Waals surface area contributed by atoms with Gasteiger partial charge in [0.15, 0.2) is 0 Å². The van der Waals surface area contributed by atoms with Crippen molar-refractivity contribution in [1.82, 2.24) is 5.32 Å². The second kappa shape index (κ2) is 10.8. The Labute approximate surface area is 185 Å². The number of hydrogen-bond acceptors (Lipinski definition) is 7. The number of hydrazone groups is 1. The second-order valence-electron chi connectivity index (χ2n) is 6.50. The summed E-state index contributed by atoms with van der Waals surface area (Å²) in [7, 11) is 0. The first kappa shape index (κ1) is 23.4. The van der Waals surface area contributed by atoms with Crippen molar-refractivity contribution in [3.63, 3.8) is 0 Å². The number of imide groups is 1. The number of halogens is 1. The Hall–Kier alpha value is -3.88. The first-order valence-corrected chi connectivity index (χ1v) is 9.66. The predicted octanol–water partition coefficient (Wildman–Crippen LogP) is 4.18. The van der Waals surface area contributed by atoms with Crippen LogP contribution >= 0.6 is 11.6 Å². The molecule has 2 amide bonds. The van der Waals surface area contributed by atoms with E-state index in [0.717, 1.165) is 22.3 Å². The minimum absolute atomic E-state index is 0.0843. The van der Waals surface area contributed by atoms with E-state index in [0.29, 0.717) is 10.7 Å². The first-order chi connectivity index (χ1) is 14.8. The van der Waals surface area contributed by atoms with E-state index in [9.17, 15) is 14.9 Å². The van der Waals surface area contributed by atoms with Crippen LogP contribution < -0.4 is 10.7 Å². The second-order valence-corrected chi connectivity index (χ2v) is 6.93. The predicted molar refractivity (Wildman–Crippen MR) is 117 cm³/mol. The molecule has 0 aliphatic heterocycles. The van der Waals surface area contributed by atoms with Gasteiger partial charge in [0.2, 0.25) is 5.71 Å². The van der Waals surface area contributed by atoms with E-state index in [1.54, 1.807) is 37.3 Å². The van der Waals surface area contributed by atoms with Crippen LogP contribution in [0.5, 0.6) is 0 Å². The average molecular weight is 438 g/mol. The number of hydrogen-bond donors (Lipinski definition) is 2. The molecule has 2 aromatic rings. The largest absolute Gasteiger partial charge is 0.450 e. The van der Waals surface area contributed by atoms with Crippen molar-refractivity contribution in [3.05, 3.63) is 63.7 Å². The highest BCUT2D eigenvalue weighted by atomic mass is 35.5. The number of rotatable bonds is 6. The van der Waals surface area contributed by atoms with Gasteiger partial charge in [-0.05, 0) is 67.3 Å². The van der Waals surface area contributed by atoms with E-state index in [1.807, 2.05) is 31.3 Å². The molecule has 1 atom stereocenters. The number of alkyl carbamates (subject to hydrolysis) is 1. The number of nitrogens with one attached hydrogen (secondary N) is 2. The van der Waals surface area contributed by atoms with Gasteiger partial charge < -0.3 is 4.74 Å². The smallest absolute Gasteiger partial charge is 0.414 e. The topological polar surface area (TPSA) is 127 Å². The Morgan fingerprint density at radius 2 is 1.77 bits per heavy atom. The molecular formula is C22H20ClN5O3. The minimum atomic E-state index is -0.981. The molecule has 158 valence electrons. The molecule has 0 aliphatic carbocycles. The van der Waals surface area contributed by atoms with Crippen molar-refractivity contribution in [2.45, 2.75) is 26.7 Å². The molecule has 31 heavy (non-hydrogen) atoms. The molecule has 9 heteroatoms. The normalized spacial score (nSPS) is 11.6. The van der Waals surface area contributed by atoms with E-state index in [4.69, 9.17) is 16.9 Å². The van der Waals surface area contributed by atoms with Gasteiger partial charge >= 0.3 is 6.09 Å². The molecule has 0 saturated heterocycles. The highest BCUT2D eigenvalue weighted by molar-refractivity contribution is 6.46. The van der Waals surface area contributed by atoms with Crippen LogP contribution in [0, 0.1) is 36.5 Å². The maximum Gasteiger partial charge on any atom is 0.414 e. The van der Waals surface area contributed by atoms with Gasteiger partial charge in [0.05, 0.1) is 24.3 Å². The molecule has 2 rings (SSSR count). The number of benzene rings is 2. The van der Waals surface area contributed by atoms with Crippen molar-refractivity contribution < 1.29 is 14.3 Å². The number of nitriles is 2. The zero-order valence-electron chi connectivity index (χ0n) is 17.2. The van der Waals surface area contributed by atoms with Gasteiger partial charge in [0, 0.05) is 5.02 Å². The number of amides is 2. The van der Waals surface area contributed by atoms with Gasteiger partial charge in [0.25, 0.3) is 5.91 Å². The molecular weight excluding hydrogens is 418 g/mol. The average Bonchev–Trinajstić information content (AvgIpc) is 2.72. The third kappa shape index (κ3) is 6.05. The molecule has 0 aliphatic rings. The van der Waals surface area contributed by atoms with Gasteiger partial charge in [-0.15, -0.1) is 0 Å². The Bertz CT molecular complexity index is 1070. The van der Waals surface area contributed by atoms with Crippen LogP contribution in [-0.4, -0.2) is 24.3 Å². The summed E-state index contributed by atoms with van der Waals surface area (Å²) in [5.74, 6) is -1.47. The monoisotopic (exact) mass is 437 g/mol. The molecule has 1 unspecified atom stereocenters. The summed E-state index contributed by atoms with van der Waals surface area (Å²) in [6.45, 7) is 5.39. The van der Waals surface area contributed by atoms with Crippen molar-refractivity contribution in [1.29, 1.82) is 10.5 Å². The van der Waals surface area contributed by atoms with Crippen LogP contribution in [0.2, 0.25) is 5.02 Å². The Balaban J connectivity index is 2.27. The van der Waals surface area contributed by atoms with Gasteiger partial charge in [-0.25, -0.2) is 4.79 Å². The van der Waals surface area contributed by atoms with Crippen molar-refractivity contribution in [2.75, 3.05) is 12.0 Å². The number of aryl methyl sites for hydroxylation is 2. The molecule has 2 N–H and O–H groups in total. The van der Waals surface area contributed by atoms with E-state index < -0.39 is 23.6 Å². The highest BCUT2D eigenvalue weighted by Crippen LogP contribution is 2.32. The summed E-state index contributed by atoms with van der Waals surface area (Å²) >= 11 is 5.95. The van der Waals surface area contributed by atoms with Gasteiger partial charge in [-0.3, -0.25) is 15.5 Å². The maximum absolute atomic E-state index is 11.9. The summed E-state index contributed by atoms with van der Waals surface area (Å²) in [6, 6.07) is 14.6. The molecule has 0 spiro atoms. The molecule has 0 radical (unpaired) electrons. The minimum Gasteiger partial charge on any atom is -0.450 e. The Morgan fingerprint density at radius 3 is 2.29 bits per heavy atom. The Kier molecular flexibility index (Phi) is 8.13. The van der Waals surface area contributed by atoms with Crippen LogP contribution in [0.25, 0.3) is 0 Å². The summed E-state index contributed by atoms with van der Waals surface area (Å²) in [5, 5.41) is 25.2. The number of carbonyl (C=O) groups is 2. The van der Waals surface area contributed by atoms with Gasteiger partial charge in [-0.1, -0.05) is 23.7 Å². The van der Waals surface area contributed by atoms with E-state index >= 15 is 0 Å². The van der Waals surface area contributed by atoms with Crippen molar-refractivity contribution in [2.24, 2.45) is 5.10 Å². The number of anilines is 1. The highest BCUT2D eigenvalue weighted by Gasteiger charge is 2.19. The van der Waals surface area contributed by atoms with Crippen LogP contribution in [0.15, 0.2) is 41.5 Å². The summed E-state index contributed by atoms with van der Waals surface area (Å²) in [5.41, 5.74) is 5.95. The fourth-order valence-corrected chi connectivity index (χ4v) is 3.15. The number of ether oxygens (including phenoxy) is 1. The third-order valence-electron chi connectivity index (χ3n) is 4.32.